The summed E-state index contributed by atoms with van der Waals surface area (Å²) >= 11 is 0. The van der Waals surface area contributed by atoms with Gasteiger partial charge in [-0.3, -0.25) is 9.21 Å². The van der Waals surface area contributed by atoms with E-state index in [1.165, 1.54) is 62.2 Å². The van der Waals surface area contributed by atoms with E-state index in [2.05, 4.69) is 46.3 Å². The van der Waals surface area contributed by atoms with Gasteiger partial charge in [0.2, 0.25) is 0 Å². The average Bonchev–Trinajstić information content (AvgIpc) is 3.30. The number of hydrogen-bond acceptors (Lipinski definition) is 4. The summed E-state index contributed by atoms with van der Waals surface area (Å²) in [7, 11) is -0.851. The third-order valence-corrected chi connectivity index (χ3v) is 9.26. The molecule has 1 atom stereocenters. The van der Waals surface area contributed by atoms with Gasteiger partial charge in [-0.05, 0) is 79.5 Å². The highest BCUT2D eigenvalue weighted by Gasteiger charge is 2.25. The molecule has 0 saturated carbocycles. The minimum absolute atomic E-state index is 0.123. The van der Waals surface area contributed by atoms with Crippen molar-refractivity contribution in [3.63, 3.8) is 0 Å². The van der Waals surface area contributed by atoms with Gasteiger partial charge in [-0.1, -0.05) is 43.2 Å². The molecule has 1 N–H and O–H groups in total. The Labute approximate surface area is 230 Å². The molecule has 0 radical (unpaired) electrons. The number of H-pyrrole nitrogens is 1. The van der Waals surface area contributed by atoms with Crippen molar-refractivity contribution < 1.29 is 17.5 Å². The molecule has 1 aliphatic rings. The maximum absolute atomic E-state index is 13.4. The van der Waals surface area contributed by atoms with Crippen LogP contribution in [0.3, 0.4) is 0 Å². The molecule has 5 rings (SSSR count). The van der Waals surface area contributed by atoms with Gasteiger partial charge in [0.1, 0.15) is 11.6 Å². The molecule has 39 heavy (non-hydrogen) atoms. The number of benzene rings is 3. The Hall–Kier alpha value is -3.62. The fraction of sp³-hybridized carbons (Fsp3) is 0.290. The van der Waals surface area contributed by atoms with Crippen LogP contribution >= 0.6 is 0 Å². The Balaban J connectivity index is 1.42. The number of methoxy groups -OCH3 is 1. The number of sulfonamides is 1. The van der Waals surface area contributed by atoms with Crippen molar-refractivity contribution in [2.24, 2.45) is 0 Å². The first-order valence-corrected chi connectivity index (χ1v) is 14.7. The second-order valence-electron chi connectivity index (χ2n) is 9.95. The maximum Gasteiger partial charge on any atom is 0.264 e. The van der Waals surface area contributed by atoms with Crippen LogP contribution in [0.1, 0.15) is 43.0 Å². The molecule has 1 aromatic heterocycles. The predicted octanol–water partition coefficient (Wildman–Crippen LogP) is 6.77. The van der Waals surface area contributed by atoms with Gasteiger partial charge >= 0.3 is 0 Å². The number of hydrogen-bond donors (Lipinski definition) is 1. The first-order chi connectivity index (χ1) is 18.9. The molecule has 0 unspecified atom stereocenters. The molecule has 2 heterocycles. The number of rotatable bonds is 8. The normalized spacial score (nSPS) is 16.5. The van der Waals surface area contributed by atoms with Gasteiger partial charge in [-0.15, -0.1) is 0 Å². The fourth-order valence-electron chi connectivity index (χ4n) is 5.32. The first kappa shape index (κ1) is 27.0. The number of nitrogens with zero attached hydrogens (tertiary/aromatic N) is 2. The molecule has 1 aliphatic heterocycles. The Morgan fingerprint density at radius 1 is 0.974 bits per heavy atom. The predicted molar refractivity (Wildman–Crippen MR) is 153 cm³/mol. The van der Waals surface area contributed by atoms with Crippen molar-refractivity contribution in [2.45, 2.75) is 43.2 Å². The van der Waals surface area contributed by atoms with E-state index in [4.69, 9.17) is 4.74 Å². The number of ether oxygens (including phenoxy) is 1. The van der Waals surface area contributed by atoms with Gasteiger partial charge in [0.05, 0.1) is 17.7 Å². The van der Waals surface area contributed by atoms with Crippen LogP contribution in [0.2, 0.25) is 0 Å². The summed E-state index contributed by atoms with van der Waals surface area (Å²) in [6.07, 6.45) is 4.76. The second-order valence-corrected chi connectivity index (χ2v) is 11.9. The van der Waals surface area contributed by atoms with Crippen LogP contribution in [-0.2, 0) is 16.6 Å². The summed E-state index contributed by atoms with van der Waals surface area (Å²) in [6.45, 7) is 1.80. The monoisotopic (exact) mass is 547 g/mol. The minimum atomic E-state index is -3.89. The minimum Gasteiger partial charge on any atom is -0.496 e. The van der Waals surface area contributed by atoms with Gasteiger partial charge in [-0.25, -0.2) is 12.8 Å². The van der Waals surface area contributed by atoms with Gasteiger partial charge in [-0.2, -0.15) is 0 Å². The van der Waals surface area contributed by atoms with Crippen LogP contribution in [0, 0.1) is 5.82 Å². The third kappa shape index (κ3) is 5.87. The Morgan fingerprint density at radius 3 is 2.49 bits per heavy atom. The molecule has 0 spiro atoms. The van der Waals surface area contributed by atoms with E-state index < -0.39 is 15.8 Å². The van der Waals surface area contributed by atoms with E-state index in [1.807, 2.05) is 6.07 Å². The van der Waals surface area contributed by atoms with E-state index in [-0.39, 0.29) is 4.90 Å². The molecule has 3 aromatic carbocycles. The number of anilines is 1. The molecule has 4 aromatic rings. The van der Waals surface area contributed by atoms with Gasteiger partial charge in [0.25, 0.3) is 10.0 Å². The largest absolute Gasteiger partial charge is 0.496 e. The highest BCUT2D eigenvalue weighted by atomic mass is 32.2. The van der Waals surface area contributed by atoms with Crippen LogP contribution in [0.25, 0.3) is 11.3 Å². The topological polar surface area (TPSA) is 65.6 Å². The Bertz CT molecular complexity index is 1500. The van der Waals surface area contributed by atoms with Crippen molar-refractivity contribution in [1.82, 2.24) is 9.88 Å². The van der Waals surface area contributed by atoms with Crippen LogP contribution in [0.4, 0.5) is 10.1 Å². The van der Waals surface area contributed by atoms with E-state index in [1.54, 1.807) is 19.2 Å². The summed E-state index contributed by atoms with van der Waals surface area (Å²) < 4.78 is 47.0. The van der Waals surface area contributed by atoms with E-state index >= 15 is 0 Å². The zero-order valence-electron chi connectivity index (χ0n) is 22.3. The van der Waals surface area contributed by atoms with Crippen LogP contribution in [0.15, 0.2) is 89.8 Å². The fourth-order valence-corrected chi connectivity index (χ4v) is 6.55. The standard InChI is InChI=1S/C31H34FN3O3S/c1-34(26-15-12-24(32)13-16-26)39(36,37)27-17-19-31(38-2)28(21-27)29-18-14-25(33-29)22-35-20-8-4-7-11-30(35)23-9-5-3-6-10-23/h3,5-6,9-10,12-19,21,30,33H,4,7-8,11,20,22H2,1-2H3/t30-/m1/s1. The van der Waals surface area contributed by atoms with Crippen LogP contribution in [-0.4, -0.2) is 39.0 Å². The lowest BCUT2D eigenvalue weighted by molar-refractivity contribution is 0.190. The maximum atomic E-state index is 13.4. The van der Waals surface area contributed by atoms with Crippen LogP contribution in [0.5, 0.6) is 5.75 Å². The van der Waals surface area contributed by atoms with Gasteiger partial charge in [0, 0.05) is 36.6 Å². The van der Waals surface area contributed by atoms with Gasteiger partial charge < -0.3 is 9.72 Å². The Kier molecular flexibility index (Phi) is 8.04. The zero-order valence-corrected chi connectivity index (χ0v) is 23.1. The summed E-state index contributed by atoms with van der Waals surface area (Å²) in [5, 5.41) is 0. The molecular weight excluding hydrogens is 513 g/mol. The molecule has 8 heteroatoms. The number of likely N-dealkylation sites (tertiary alicyclic amines) is 1. The lowest BCUT2D eigenvalue weighted by Crippen LogP contribution is -2.28. The van der Waals surface area contributed by atoms with E-state index in [0.717, 1.165) is 35.2 Å². The summed E-state index contributed by atoms with van der Waals surface area (Å²) in [5.41, 5.74) is 4.23. The molecule has 0 amide bonds. The third-order valence-electron chi connectivity index (χ3n) is 7.48. The van der Waals surface area contributed by atoms with Crippen molar-refractivity contribution in [1.29, 1.82) is 0 Å². The SMILES string of the molecule is COc1ccc(S(=O)(=O)N(C)c2ccc(F)cc2)cc1-c1ccc(CN2CCCCC[C@@H]2c2ccccc2)[nH]1. The lowest BCUT2D eigenvalue weighted by atomic mass is 10.0. The van der Waals surface area contributed by atoms with Crippen molar-refractivity contribution in [3.8, 4) is 17.0 Å². The number of aromatic nitrogens is 1. The van der Waals surface area contributed by atoms with Crippen molar-refractivity contribution in [3.05, 3.63) is 102 Å². The number of nitrogens with one attached hydrogen (secondary N) is 1. The Morgan fingerprint density at radius 2 is 1.74 bits per heavy atom. The smallest absolute Gasteiger partial charge is 0.264 e. The average molecular weight is 548 g/mol. The zero-order chi connectivity index (χ0) is 27.4. The highest BCUT2D eigenvalue weighted by Crippen LogP contribution is 2.35. The lowest BCUT2D eigenvalue weighted by Gasteiger charge is -2.30. The molecular formula is C31H34FN3O3S. The van der Waals surface area contributed by atoms with Crippen molar-refractivity contribution in [2.75, 3.05) is 25.0 Å². The number of aromatic amines is 1. The van der Waals surface area contributed by atoms with Crippen molar-refractivity contribution >= 4 is 15.7 Å². The number of halogens is 1. The van der Waals surface area contributed by atoms with E-state index in [0.29, 0.717) is 23.0 Å². The molecule has 1 fully saturated rings. The first-order valence-electron chi connectivity index (χ1n) is 13.3. The molecule has 0 bridgehead atoms. The van der Waals surface area contributed by atoms with Gasteiger partial charge in [0.15, 0.2) is 0 Å². The molecule has 6 nitrogen and oxygen atoms in total. The molecule has 0 aliphatic carbocycles. The second kappa shape index (κ2) is 11.6. The summed E-state index contributed by atoms with van der Waals surface area (Å²) in [4.78, 5) is 6.18. The highest BCUT2D eigenvalue weighted by molar-refractivity contribution is 7.92. The summed E-state index contributed by atoms with van der Waals surface area (Å²) in [5.74, 6) is 0.151. The quantitative estimate of drug-likeness (QED) is 0.264. The molecule has 1 saturated heterocycles. The summed E-state index contributed by atoms with van der Waals surface area (Å²) in [6, 6.07) is 25.3. The van der Waals surface area contributed by atoms with E-state index in [9.17, 15) is 12.8 Å². The van der Waals surface area contributed by atoms with Crippen LogP contribution < -0.4 is 9.04 Å². The molecule has 204 valence electrons.